The van der Waals surface area contributed by atoms with E-state index in [1.165, 1.54) is 0 Å². The van der Waals surface area contributed by atoms with Crippen molar-refractivity contribution in [3.63, 3.8) is 0 Å². The third-order valence-corrected chi connectivity index (χ3v) is 5.25. The second-order valence-electron chi connectivity index (χ2n) is 6.71. The van der Waals surface area contributed by atoms with Crippen molar-refractivity contribution in [2.75, 3.05) is 20.3 Å². The Morgan fingerprint density at radius 2 is 1.23 bits per heavy atom. The normalized spacial score (nSPS) is 14.3. The lowest BCUT2D eigenvalue weighted by Gasteiger charge is -2.34. The Kier molecular flexibility index (Phi) is 4.51. The van der Waals surface area contributed by atoms with Crippen molar-refractivity contribution in [2.24, 2.45) is 0 Å². The van der Waals surface area contributed by atoms with Crippen LogP contribution in [0.5, 0.6) is 0 Å². The summed E-state index contributed by atoms with van der Waals surface area (Å²) in [5.74, 6) is 0. The lowest BCUT2D eigenvalue weighted by molar-refractivity contribution is 0.0737. The number of aliphatic hydroxyl groups is 2. The summed E-state index contributed by atoms with van der Waals surface area (Å²) in [5, 5.41) is 22.4. The van der Waals surface area contributed by atoms with Gasteiger partial charge in [-0.15, -0.1) is 0 Å². The molecule has 2 atom stereocenters. The number of nitrogens with zero attached hydrogens (tertiary/aromatic N) is 1. The molecule has 0 aliphatic heterocycles. The Hall–Kier alpha value is -2.60. The van der Waals surface area contributed by atoms with Crippen molar-refractivity contribution < 1.29 is 10.2 Å². The topological polar surface area (TPSA) is 75.3 Å². The van der Waals surface area contributed by atoms with Crippen LogP contribution >= 0.6 is 0 Å². The van der Waals surface area contributed by atoms with Crippen LogP contribution in [0.2, 0.25) is 0 Å². The van der Waals surface area contributed by atoms with E-state index in [0.29, 0.717) is 0 Å². The van der Waals surface area contributed by atoms with Gasteiger partial charge in [-0.3, -0.25) is 4.90 Å². The third kappa shape index (κ3) is 2.90. The standard InChI is InChI=1S/C21H23N3O2/c1-24(20(12-25)16-2-4-18-14(10-16)6-8-22-18)21(13-26)17-3-5-19-15(11-17)7-9-23-19/h2-11,20-23,25-26H,12-13H2,1H3. The van der Waals surface area contributed by atoms with E-state index < -0.39 is 0 Å². The molecule has 26 heavy (non-hydrogen) atoms. The fraction of sp³-hybridized carbons (Fsp3) is 0.238. The van der Waals surface area contributed by atoms with Crippen LogP contribution in [0.4, 0.5) is 0 Å². The van der Waals surface area contributed by atoms with Crippen molar-refractivity contribution >= 4 is 21.8 Å². The summed E-state index contributed by atoms with van der Waals surface area (Å²) in [6.45, 7) is -0.0370. The fourth-order valence-electron chi connectivity index (χ4n) is 3.71. The Morgan fingerprint density at radius 1 is 0.769 bits per heavy atom. The number of H-pyrrole nitrogens is 2. The number of aromatic amines is 2. The van der Waals surface area contributed by atoms with Gasteiger partial charge in [0.2, 0.25) is 0 Å². The maximum absolute atomic E-state index is 10.1. The summed E-state index contributed by atoms with van der Waals surface area (Å²) in [6, 6.07) is 15.9. The molecule has 4 rings (SSSR count). The van der Waals surface area contributed by atoms with E-state index in [4.69, 9.17) is 0 Å². The number of hydrogen-bond donors (Lipinski definition) is 4. The highest BCUT2D eigenvalue weighted by Gasteiger charge is 2.25. The first-order valence-corrected chi connectivity index (χ1v) is 8.79. The molecule has 0 fully saturated rings. The van der Waals surface area contributed by atoms with Crippen LogP contribution in [0.15, 0.2) is 60.9 Å². The van der Waals surface area contributed by atoms with E-state index in [1.807, 2.05) is 60.7 Å². The van der Waals surface area contributed by atoms with Crippen LogP contribution in [-0.4, -0.2) is 45.3 Å². The van der Waals surface area contributed by atoms with Crippen molar-refractivity contribution in [2.45, 2.75) is 12.1 Å². The Labute approximate surface area is 151 Å². The second-order valence-corrected chi connectivity index (χ2v) is 6.71. The largest absolute Gasteiger partial charge is 0.394 e. The van der Waals surface area contributed by atoms with Gasteiger partial charge in [-0.1, -0.05) is 12.1 Å². The van der Waals surface area contributed by atoms with Gasteiger partial charge in [0.05, 0.1) is 25.3 Å². The number of nitrogens with one attached hydrogen (secondary N) is 2. The molecule has 5 heteroatoms. The first-order chi connectivity index (χ1) is 12.7. The Bertz CT molecular complexity index is 938. The van der Waals surface area contributed by atoms with Gasteiger partial charge in [-0.2, -0.15) is 0 Å². The smallest absolute Gasteiger partial charge is 0.0628 e. The second kappa shape index (κ2) is 6.96. The average molecular weight is 349 g/mol. The summed E-state index contributed by atoms with van der Waals surface area (Å²) in [7, 11) is 1.95. The molecule has 0 spiro atoms. The zero-order valence-electron chi connectivity index (χ0n) is 14.7. The molecule has 2 aromatic carbocycles. The van der Waals surface area contributed by atoms with Crippen molar-refractivity contribution in [1.82, 2.24) is 14.9 Å². The maximum atomic E-state index is 10.1. The van der Waals surface area contributed by atoms with Crippen LogP contribution in [0.3, 0.4) is 0 Å². The number of likely N-dealkylation sites (N-methyl/N-ethyl adjacent to an activating group) is 1. The quantitative estimate of drug-likeness (QED) is 0.431. The van der Waals surface area contributed by atoms with Gasteiger partial charge in [0.1, 0.15) is 0 Å². The van der Waals surface area contributed by atoms with Crippen LogP contribution in [0, 0.1) is 0 Å². The summed E-state index contributed by atoms with van der Waals surface area (Å²) in [6.07, 6.45) is 3.82. The zero-order chi connectivity index (χ0) is 18.1. The molecule has 2 heterocycles. The highest BCUT2D eigenvalue weighted by molar-refractivity contribution is 5.80. The molecule has 0 aliphatic carbocycles. The number of hydrogen-bond acceptors (Lipinski definition) is 3. The van der Waals surface area contributed by atoms with Gasteiger partial charge < -0.3 is 20.2 Å². The Balaban J connectivity index is 1.67. The fourth-order valence-corrected chi connectivity index (χ4v) is 3.71. The summed E-state index contributed by atoms with van der Waals surface area (Å²) < 4.78 is 0. The molecule has 0 radical (unpaired) electrons. The van der Waals surface area contributed by atoms with Crippen LogP contribution < -0.4 is 0 Å². The Morgan fingerprint density at radius 3 is 1.65 bits per heavy atom. The van der Waals surface area contributed by atoms with Crippen molar-refractivity contribution in [3.05, 3.63) is 72.1 Å². The van der Waals surface area contributed by atoms with E-state index >= 15 is 0 Å². The highest BCUT2D eigenvalue weighted by Crippen LogP contribution is 2.31. The maximum Gasteiger partial charge on any atom is 0.0628 e. The van der Waals surface area contributed by atoms with Crippen LogP contribution in [0.25, 0.3) is 21.8 Å². The molecule has 0 saturated heterocycles. The van der Waals surface area contributed by atoms with Gasteiger partial charge in [0.15, 0.2) is 0 Å². The first-order valence-electron chi connectivity index (χ1n) is 8.79. The molecule has 4 N–H and O–H groups in total. The van der Waals surface area contributed by atoms with Gasteiger partial charge in [0.25, 0.3) is 0 Å². The minimum atomic E-state index is -0.201. The monoisotopic (exact) mass is 349 g/mol. The summed E-state index contributed by atoms with van der Waals surface area (Å²) in [4.78, 5) is 8.42. The molecule has 0 aliphatic rings. The van der Waals surface area contributed by atoms with Gasteiger partial charge >= 0.3 is 0 Å². The van der Waals surface area contributed by atoms with E-state index in [2.05, 4.69) is 22.1 Å². The SMILES string of the molecule is CN(C(CO)c1ccc2[nH]ccc2c1)C(CO)c1ccc2[nH]ccc2c1. The lowest BCUT2D eigenvalue weighted by atomic mass is 9.99. The minimum absolute atomic E-state index is 0.0185. The summed E-state index contributed by atoms with van der Waals surface area (Å²) in [5.41, 5.74) is 4.21. The minimum Gasteiger partial charge on any atom is -0.394 e. The van der Waals surface area contributed by atoms with Gasteiger partial charge in [0, 0.05) is 23.4 Å². The molecule has 134 valence electrons. The number of aromatic nitrogens is 2. The molecular formula is C21H23N3O2. The predicted molar refractivity (Wildman–Crippen MR) is 104 cm³/mol. The number of aliphatic hydroxyl groups excluding tert-OH is 2. The van der Waals surface area contributed by atoms with Gasteiger partial charge in [-0.25, -0.2) is 0 Å². The van der Waals surface area contributed by atoms with E-state index in [1.54, 1.807) is 0 Å². The number of rotatable bonds is 6. The molecule has 2 aromatic heterocycles. The van der Waals surface area contributed by atoms with E-state index in [0.717, 1.165) is 32.9 Å². The van der Waals surface area contributed by atoms with Crippen LogP contribution in [0.1, 0.15) is 23.2 Å². The molecule has 0 bridgehead atoms. The van der Waals surface area contributed by atoms with Gasteiger partial charge in [-0.05, 0) is 65.3 Å². The molecule has 4 aromatic rings. The number of fused-ring (bicyclic) bond motifs is 2. The first kappa shape index (κ1) is 16.8. The average Bonchev–Trinajstić information content (AvgIpc) is 3.31. The number of benzene rings is 2. The molecule has 0 amide bonds. The predicted octanol–water partition coefficient (Wildman–Crippen LogP) is 3.35. The van der Waals surface area contributed by atoms with E-state index in [9.17, 15) is 10.2 Å². The highest BCUT2D eigenvalue weighted by atomic mass is 16.3. The molecular weight excluding hydrogens is 326 g/mol. The summed E-state index contributed by atoms with van der Waals surface area (Å²) >= 11 is 0. The zero-order valence-corrected chi connectivity index (χ0v) is 14.7. The van der Waals surface area contributed by atoms with Crippen molar-refractivity contribution in [3.8, 4) is 0 Å². The van der Waals surface area contributed by atoms with E-state index in [-0.39, 0.29) is 25.3 Å². The van der Waals surface area contributed by atoms with Crippen molar-refractivity contribution in [1.29, 1.82) is 0 Å². The van der Waals surface area contributed by atoms with Crippen LogP contribution in [-0.2, 0) is 0 Å². The molecule has 0 saturated carbocycles. The molecule has 2 unspecified atom stereocenters. The molecule has 5 nitrogen and oxygen atoms in total. The third-order valence-electron chi connectivity index (χ3n) is 5.25. The lowest BCUT2D eigenvalue weighted by Crippen LogP contribution is -2.33.